The fraction of sp³-hybridized carbons (Fsp3) is 0.360. The number of hydrogen-bond acceptors (Lipinski definition) is 5. The van der Waals surface area contributed by atoms with E-state index < -0.39 is 5.60 Å². The second-order valence-corrected chi connectivity index (χ2v) is 8.69. The highest BCUT2D eigenvalue weighted by atomic mass is 16.5. The van der Waals surface area contributed by atoms with Crippen LogP contribution in [0, 0.1) is 11.1 Å². The van der Waals surface area contributed by atoms with Gasteiger partial charge in [0, 0.05) is 43.5 Å². The predicted octanol–water partition coefficient (Wildman–Crippen LogP) is 1.93. The molecule has 0 aromatic carbocycles. The highest BCUT2D eigenvalue weighted by Crippen LogP contribution is 2.44. The molecular weight excluding hydrogens is 404 g/mol. The lowest BCUT2D eigenvalue weighted by Gasteiger charge is -2.41. The maximum Gasteiger partial charge on any atom is 0.226 e. The number of carbonyl (C=O) groups excluding carboxylic acids is 1. The first-order valence-electron chi connectivity index (χ1n) is 11.1. The van der Waals surface area contributed by atoms with Gasteiger partial charge in [0.25, 0.3) is 0 Å². The van der Waals surface area contributed by atoms with Crippen LogP contribution < -0.4 is 4.73 Å². The van der Waals surface area contributed by atoms with Crippen LogP contribution in [0.3, 0.4) is 0 Å². The Morgan fingerprint density at radius 3 is 2.16 bits per heavy atom. The number of aliphatic hydroxyl groups is 1. The quantitative estimate of drug-likeness (QED) is 0.506. The van der Waals surface area contributed by atoms with Crippen LogP contribution in [-0.2, 0) is 29.7 Å². The number of pyridine rings is 3. The summed E-state index contributed by atoms with van der Waals surface area (Å²) in [5.41, 5.74) is 3.09. The van der Waals surface area contributed by atoms with Crippen LogP contribution in [0.2, 0.25) is 0 Å². The number of piperidine rings is 1. The van der Waals surface area contributed by atoms with Gasteiger partial charge in [-0.2, -0.15) is 4.73 Å². The van der Waals surface area contributed by atoms with Crippen molar-refractivity contribution in [1.29, 1.82) is 0 Å². The predicted molar refractivity (Wildman–Crippen MR) is 117 cm³/mol. The van der Waals surface area contributed by atoms with Crippen LogP contribution in [0.1, 0.15) is 40.9 Å². The second kappa shape index (κ2) is 8.31. The molecule has 0 saturated carbocycles. The zero-order valence-corrected chi connectivity index (χ0v) is 17.9. The monoisotopic (exact) mass is 430 g/mol. The summed E-state index contributed by atoms with van der Waals surface area (Å²) >= 11 is 0. The molecule has 1 aliphatic carbocycles. The minimum atomic E-state index is -1.26. The van der Waals surface area contributed by atoms with Gasteiger partial charge < -0.3 is 15.2 Å². The SMILES string of the molecule is O=C(Cc1cc[n+]([O-])cc1)N1CCC(C2(O)c3ncccc3CCc3cccnc32)CC1. The lowest BCUT2D eigenvalue weighted by Crippen LogP contribution is -2.47. The van der Waals surface area contributed by atoms with Crippen LogP contribution in [0.25, 0.3) is 0 Å². The van der Waals surface area contributed by atoms with Gasteiger partial charge in [0.1, 0.15) is 0 Å². The Morgan fingerprint density at radius 2 is 1.59 bits per heavy atom. The van der Waals surface area contributed by atoms with Crippen LogP contribution in [-0.4, -0.2) is 39.0 Å². The number of aryl methyl sites for hydroxylation is 2. The molecule has 0 bridgehead atoms. The molecule has 3 aromatic rings. The third kappa shape index (κ3) is 3.62. The molecule has 3 aromatic heterocycles. The number of carbonyl (C=O) groups is 1. The third-order valence-corrected chi connectivity index (χ3v) is 6.83. The fourth-order valence-corrected chi connectivity index (χ4v) is 5.13. The summed E-state index contributed by atoms with van der Waals surface area (Å²) in [4.78, 5) is 23.9. The molecule has 0 spiro atoms. The van der Waals surface area contributed by atoms with E-state index >= 15 is 0 Å². The summed E-state index contributed by atoms with van der Waals surface area (Å²) in [5.74, 6) is -0.0416. The van der Waals surface area contributed by atoms with Crippen molar-refractivity contribution >= 4 is 5.91 Å². The van der Waals surface area contributed by atoms with Gasteiger partial charge >= 0.3 is 0 Å². The van der Waals surface area contributed by atoms with E-state index in [2.05, 4.69) is 9.97 Å². The Balaban J connectivity index is 1.38. The maximum atomic E-state index is 12.8. The first kappa shape index (κ1) is 20.6. The Hall–Kier alpha value is -3.32. The number of fused-ring (bicyclic) bond motifs is 2. The van der Waals surface area contributed by atoms with Gasteiger partial charge in [-0.05, 0) is 54.5 Å². The van der Waals surface area contributed by atoms with Gasteiger partial charge in [0.05, 0.1) is 17.8 Å². The summed E-state index contributed by atoms with van der Waals surface area (Å²) in [5, 5.41) is 23.4. The van der Waals surface area contributed by atoms with Gasteiger partial charge in [0.2, 0.25) is 5.91 Å². The Bertz CT molecular complexity index is 1080. The molecule has 0 radical (unpaired) electrons. The van der Waals surface area contributed by atoms with E-state index in [-0.39, 0.29) is 18.2 Å². The zero-order valence-electron chi connectivity index (χ0n) is 17.9. The summed E-state index contributed by atoms with van der Waals surface area (Å²) < 4.78 is 0.713. The second-order valence-electron chi connectivity index (χ2n) is 8.69. The van der Waals surface area contributed by atoms with Crippen molar-refractivity contribution in [2.45, 2.75) is 37.7 Å². The maximum absolute atomic E-state index is 12.8. The molecule has 0 atom stereocenters. The molecule has 1 fully saturated rings. The van der Waals surface area contributed by atoms with Crippen LogP contribution >= 0.6 is 0 Å². The molecule has 1 saturated heterocycles. The van der Waals surface area contributed by atoms with Gasteiger partial charge in [-0.15, -0.1) is 0 Å². The number of likely N-dealkylation sites (tertiary alicyclic amines) is 1. The Morgan fingerprint density at radius 1 is 1.03 bits per heavy atom. The van der Waals surface area contributed by atoms with Gasteiger partial charge in [-0.25, -0.2) is 0 Å². The van der Waals surface area contributed by atoms with Crippen molar-refractivity contribution in [2.24, 2.45) is 5.92 Å². The van der Waals surface area contributed by atoms with Crippen molar-refractivity contribution in [3.05, 3.63) is 94.5 Å². The summed E-state index contributed by atoms with van der Waals surface area (Å²) in [7, 11) is 0. The van der Waals surface area contributed by atoms with E-state index in [0.29, 0.717) is 42.0 Å². The zero-order chi connectivity index (χ0) is 22.1. The number of nitrogens with zero attached hydrogens (tertiary/aromatic N) is 4. The van der Waals surface area contributed by atoms with Crippen molar-refractivity contribution in [3.8, 4) is 0 Å². The van der Waals surface area contributed by atoms with Gasteiger partial charge in [-0.1, -0.05) is 12.1 Å². The number of amides is 1. The van der Waals surface area contributed by atoms with E-state index in [4.69, 9.17) is 0 Å². The minimum Gasteiger partial charge on any atom is -0.619 e. The van der Waals surface area contributed by atoms with E-state index in [1.807, 2.05) is 29.2 Å². The average molecular weight is 431 g/mol. The highest BCUT2D eigenvalue weighted by Gasteiger charge is 2.47. The molecule has 7 heteroatoms. The van der Waals surface area contributed by atoms with Crippen molar-refractivity contribution < 1.29 is 14.6 Å². The molecule has 1 amide bonds. The largest absolute Gasteiger partial charge is 0.619 e. The van der Waals surface area contributed by atoms with Crippen molar-refractivity contribution in [3.63, 3.8) is 0 Å². The van der Waals surface area contributed by atoms with Crippen LogP contribution in [0.5, 0.6) is 0 Å². The lowest BCUT2D eigenvalue weighted by atomic mass is 9.74. The first-order chi connectivity index (χ1) is 15.6. The van der Waals surface area contributed by atoms with Crippen LogP contribution in [0.4, 0.5) is 0 Å². The molecule has 2 aliphatic rings. The number of hydrogen-bond donors (Lipinski definition) is 1. The van der Waals surface area contributed by atoms with Crippen molar-refractivity contribution in [2.75, 3.05) is 13.1 Å². The van der Waals surface area contributed by atoms with E-state index in [0.717, 1.165) is 29.5 Å². The molecule has 7 nitrogen and oxygen atoms in total. The van der Waals surface area contributed by atoms with Crippen LogP contribution in [0.15, 0.2) is 61.2 Å². The first-order valence-corrected chi connectivity index (χ1v) is 11.1. The van der Waals surface area contributed by atoms with E-state index in [1.165, 1.54) is 12.4 Å². The fourth-order valence-electron chi connectivity index (χ4n) is 5.13. The molecule has 0 unspecified atom stereocenters. The molecule has 1 N–H and O–H groups in total. The molecule has 4 heterocycles. The molecule has 32 heavy (non-hydrogen) atoms. The Kier molecular flexibility index (Phi) is 5.35. The summed E-state index contributed by atoms with van der Waals surface area (Å²) in [6.45, 7) is 1.15. The van der Waals surface area contributed by atoms with E-state index in [1.54, 1.807) is 24.5 Å². The number of rotatable bonds is 3. The Labute approximate surface area is 187 Å². The molecule has 164 valence electrons. The summed E-state index contributed by atoms with van der Waals surface area (Å²) in [6.07, 6.45) is 9.54. The normalized spacial score (nSPS) is 17.8. The molecular formula is C25H26N4O3. The molecule has 1 aliphatic heterocycles. The van der Waals surface area contributed by atoms with Gasteiger partial charge in [-0.3, -0.25) is 14.8 Å². The standard InChI is InChI=1S/C25H26N4O3/c30-22(17-18-7-15-29(32)16-8-18)28-13-9-21(10-14-28)25(31)23-19(3-1-11-26-23)5-6-20-4-2-12-27-24(20)25/h1-4,7-8,11-12,15-16,21,31H,5-6,9-10,13-14,17H2. The van der Waals surface area contributed by atoms with E-state index in [9.17, 15) is 15.1 Å². The number of aromatic nitrogens is 3. The third-order valence-electron chi connectivity index (χ3n) is 6.83. The topological polar surface area (TPSA) is 93.3 Å². The smallest absolute Gasteiger partial charge is 0.226 e. The average Bonchev–Trinajstić information content (AvgIpc) is 2.96. The van der Waals surface area contributed by atoms with Gasteiger partial charge in [0.15, 0.2) is 18.0 Å². The lowest BCUT2D eigenvalue weighted by molar-refractivity contribution is -0.605. The van der Waals surface area contributed by atoms with Crippen molar-refractivity contribution in [1.82, 2.24) is 14.9 Å². The summed E-state index contributed by atoms with van der Waals surface area (Å²) in [6, 6.07) is 11.3. The minimum absolute atomic E-state index is 0.0389. The molecule has 5 rings (SSSR count). The highest BCUT2D eigenvalue weighted by molar-refractivity contribution is 5.78.